The van der Waals surface area contributed by atoms with E-state index in [-0.39, 0.29) is 0 Å². The van der Waals surface area contributed by atoms with Gasteiger partial charge in [-0.1, -0.05) is 18.2 Å². The van der Waals surface area contributed by atoms with Crippen LogP contribution >= 0.6 is 0 Å². The molecule has 0 radical (unpaired) electrons. The van der Waals surface area contributed by atoms with Gasteiger partial charge in [-0.3, -0.25) is 9.58 Å². The number of likely N-dealkylation sites (tertiary alicyclic amines) is 1. The summed E-state index contributed by atoms with van der Waals surface area (Å²) in [5.74, 6) is 0.883. The maximum atomic E-state index is 4.33. The number of aromatic nitrogens is 6. The minimum Gasteiger partial charge on any atom is -0.289 e. The molecule has 1 saturated heterocycles. The zero-order valence-electron chi connectivity index (χ0n) is 14.9. The topological polar surface area (TPSA) is 64.7 Å². The molecule has 1 aliphatic rings. The molecule has 25 heavy (non-hydrogen) atoms. The van der Waals surface area contributed by atoms with Gasteiger partial charge in [0.2, 0.25) is 0 Å². The largest absolute Gasteiger partial charge is 0.289 e. The Kier molecular flexibility index (Phi) is 4.09. The third-order valence-corrected chi connectivity index (χ3v) is 5.00. The average molecular weight is 337 g/mol. The number of hydrogen-bond donors (Lipinski definition) is 0. The van der Waals surface area contributed by atoms with Gasteiger partial charge in [-0.05, 0) is 54.8 Å². The van der Waals surface area contributed by atoms with Crippen molar-refractivity contribution in [2.45, 2.75) is 39.3 Å². The molecule has 7 heteroatoms. The summed E-state index contributed by atoms with van der Waals surface area (Å²) in [4.78, 5) is 2.45. The molecule has 3 aromatic rings. The molecule has 0 saturated carbocycles. The van der Waals surface area contributed by atoms with Crippen LogP contribution in [0.3, 0.4) is 0 Å². The maximum Gasteiger partial charge on any atom is 0.170 e. The molecule has 130 valence electrons. The van der Waals surface area contributed by atoms with Crippen LogP contribution in [0.5, 0.6) is 0 Å². The second-order valence-electron chi connectivity index (χ2n) is 6.82. The van der Waals surface area contributed by atoms with Crippen molar-refractivity contribution in [3.63, 3.8) is 0 Å². The zero-order valence-corrected chi connectivity index (χ0v) is 14.9. The first kappa shape index (κ1) is 16.0. The van der Waals surface area contributed by atoms with Crippen LogP contribution in [0, 0.1) is 13.8 Å². The Bertz CT molecular complexity index is 859. The molecular formula is C18H23N7. The van der Waals surface area contributed by atoms with Gasteiger partial charge in [0.25, 0.3) is 0 Å². The normalized spacial score (nSPS) is 18.1. The van der Waals surface area contributed by atoms with Crippen LogP contribution in [0.25, 0.3) is 5.69 Å². The predicted molar refractivity (Wildman–Crippen MR) is 94.2 cm³/mol. The fourth-order valence-corrected chi connectivity index (χ4v) is 3.80. The SMILES string of the molecule is Cc1cccc(C)c1-n1nnnc1CN1CCC[C@@H]1c1cnn(C)c1. The van der Waals surface area contributed by atoms with Crippen LogP contribution in [0.1, 0.15) is 41.4 Å². The lowest BCUT2D eigenvalue weighted by Gasteiger charge is -2.23. The maximum absolute atomic E-state index is 4.33. The van der Waals surface area contributed by atoms with E-state index in [9.17, 15) is 0 Å². The molecule has 0 unspecified atom stereocenters. The molecule has 1 aromatic carbocycles. The summed E-state index contributed by atoms with van der Waals surface area (Å²) < 4.78 is 3.76. The quantitative estimate of drug-likeness (QED) is 0.731. The smallest absolute Gasteiger partial charge is 0.170 e. The molecule has 0 aliphatic carbocycles. The van der Waals surface area contributed by atoms with Gasteiger partial charge in [-0.15, -0.1) is 5.10 Å². The first-order chi connectivity index (χ1) is 12.1. The highest BCUT2D eigenvalue weighted by Crippen LogP contribution is 2.32. The van der Waals surface area contributed by atoms with E-state index in [1.54, 1.807) is 0 Å². The van der Waals surface area contributed by atoms with Crippen molar-refractivity contribution < 1.29 is 0 Å². The van der Waals surface area contributed by atoms with Gasteiger partial charge < -0.3 is 0 Å². The van der Waals surface area contributed by atoms with E-state index in [1.165, 1.54) is 23.1 Å². The minimum atomic E-state index is 0.386. The molecule has 7 nitrogen and oxygen atoms in total. The van der Waals surface area contributed by atoms with Crippen molar-refractivity contribution in [2.75, 3.05) is 6.54 Å². The molecule has 1 fully saturated rings. The van der Waals surface area contributed by atoms with Crippen LogP contribution in [0.15, 0.2) is 30.6 Å². The summed E-state index contributed by atoms with van der Waals surface area (Å²) >= 11 is 0. The molecule has 0 amide bonds. The van der Waals surface area contributed by atoms with Crippen LogP contribution in [-0.4, -0.2) is 41.4 Å². The first-order valence-electron chi connectivity index (χ1n) is 8.70. The van der Waals surface area contributed by atoms with Crippen molar-refractivity contribution in [1.29, 1.82) is 0 Å². The van der Waals surface area contributed by atoms with Gasteiger partial charge >= 0.3 is 0 Å². The number of benzene rings is 1. The van der Waals surface area contributed by atoms with Gasteiger partial charge in [0.05, 0.1) is 18.4 Å². The summed E-state index contributed by atoms with van der Waals surface area (Å²) in [5.41, 5.74) is 4.71. The molecule has 0 N–H and O–H groups in total. The average Bonchev–Trinajstić information content (AvgIpc) is 3.30. The first-order valence-corrected chi connectivity index (χ1v) is 8.70. The fourth-order valence-electron chi connectivity index (χ4n) is 3.80. The van der Waals surface area contributed by atoms with Crippen molar-refractivity contribution in [3.05, 3.63) is 53.1 Å². The summed E-state index contributed by atoms with van der Waals surface area (Å²) in [5, 5.41) is 16.8. The van der Waals surface area contributed by atoms with E-state index in [4.69, 9.17) is 0 Å². The van der Waals surface area contributed by atoms with E-state index >= 15 is 0 Å². The van der Waals surface area contributed by atoms with Crippen molar-refractivity contribution >= 4 is 0 Å². The number of rotatable bonds is 4. The number of aryl methyl sites for hydroxylation is 3. The van der Waals surface area contributed by atoms with E-state index in [0.717, 1.165) is 31.0 Å². The molecule has 1 atom stereocenters. The molecule has 0 spiro atoms. The molecular weight excluding hydrogens is 314 g/mol. The third-order valence-electron chi connectivity index (χ3n) is 5.00. The van der Waals surface area contributed by atoms with Crippen molar-refractivity contribution in [3.8, 4) is 5.69 Å². The molecule has 3 heterocycles. The minimum absolute atomic E-state index is 0.386. The number of hydrogen-bond acceptors (Lipinski definition) is 5. The lowest BCUT2D eigenvalue weighted by molar-refractivity contribution is 0.240. The Labute approximate surface area is 147 Å². The second kappa shape index (κ2) is 6.40. The van der Waals surface area contributed by atoms with Gasteiger partial charge in [-0.25, -0.2) is 0 Å². The highest BCUT2D eigenvalue weighted by atomic mass is 15.5. The van der Waals surface area contributed by atoms with Gasteiger partial charge in [-0.2, -0.15) is 9.78 Å². The van der Waals surface area contributed by atoms with E-state index in [1.807, 2.05) is 22.6 Å². The predicted octanol–water partition coefficient (Wildman–Crippen LogP) is 2.35. The third kappa shape index (κ3) is 2.95. The highest BCUT2D eigenvalue weighted by molar-refractivity contribution is 5.46. The Hall–Kier alpha value is -2.54. The Morgan fingerprint density at radius 1 is 1.20 bits per heavy atom. The summed E-state index contributed by atoms with van der Waals surface area (Å²) in [6.45, 7) is 5.99. The Morgan fingerprint density at radius 3 is 2.72 bits per heavy atom. The van der Waals surface area contributed by atoms with Gasteiger partial charge in [0.1, 0.15) is 0 Å². The molecule has 4 rings (SSSR count). The van der Waals surface area contributed by atoms with Crippen molar-refractivity contribution in [1.82, 2.24) is 34.9 Å². The van der Waals surface area contributed by atoms with Crippen LogP contribution in [0.2, 0.25) is 0 Å². The number of tetrazole rings is 1. The zero-order chi connectivity index (χ0) is 17.4. The molecule has 0 bridgehead atoms. The Balaban J connectivity index is 1.63. The van der Waals surface area contributed by atoms with E-state index < -0.39 is 0 Å². The standard InChI is InChI=1S/C18H23N7/c1-13-6-4-7-14(2)18(13)25-17(20-21-22-25)12-24-9-5-8-16(24)15-10-19-23(3)11-15/h4,6-7,10-11,16H,5,8-9,12H2,1-3H3/t16-/m1/s1. The number of para-hydroxylation sites is 1. The van der Waals surface area contributed by atoms with Crippen molar-refractivity contribution in [2.24, 2.45) is 7.05 Å². The number of nitrogens with zero attached hydrogens (tertiary/aromatic N) is 7. The molecule has 1 aliphatic heterocycles. The second-order valence-corrected chi connectivity index (χ2v) is 6.82. The van der Waals surface area contributed by atoms with Crippen LogP contribution in [0.4, 0.5) is 0 Å². The van der Waals surface area contributed by atoms with Gasteiger partial charge in [0, 0.05) is 24.8 Å². The lowest BCUT2D eigenvalue weighted by Crippen LogP contribution is -2.25. The molecule has 2 aromatic heterocycles. The fraction of sp³-hybridized carbons (Fsp3) is 0.444. The van der Waals surface area contributed by atoms with Crippen LogP contribution < -0.4 is 0 Å². The summed E-state index contributed by atoms with van der Waals surface area (Å²) in [6, 6.07) is 6.65. The summed E-state index contributed by atoms with van der Waals surface area (Å²) in [7, 11) is 1.96. The van der Waals surface area contributed by atoms with Gasteiger partial charge in [0.15, 0.2) is 5.82 Å². The summed E-state index contributed by atoms with van der Waals surface area (Å²) in [6.07, 6.45) is 6.41. The van der Waals surface area contributed by atoms with Crippen LogP contribution in [-0.2, 0) is 13.6 Å². The monoisotopic (exact) mass is 337 g/mol. The van der Waals surface area contributed by atoms with E-state index in [2.05, 4.69) is 63.8 Å². The lowest BCUT2D eigenvalue weighted by atomic mass is 10.1. The highest BCUT2D eigenvalue weighted by Gasteiger charge is 2.28. The van der Waals surface area contributed by atoms with E-state index in [0.29, 0.717) is 6.04 Å². The Morgan fingerprint density at radius 2 is 2.00 bits per heavy atom.